The highest BCUT2D eigenvalue weighted by atomic mass is 79.9. The molecule has 0 fully saturated rings. The third-order valence-electron chi connectivity index (χ3n) is 2.32. The lowest BCUT2D eigenvalue weighted by atomic mass is 10.3. The van der Waals surface area contributed by atoms with Crippen molar-refractivity contribution in [3.8, 4) is 0 Å². The predicted molar refractivity (Wildman–Crippen MR) is 84.5 cm³/mol. The second-order valence-corrected chi connectivity index (χ2v) is 5.74. The summed E-state index contributed by atoms with van der Waals surface area (Å²) in [6.45, 7) is 0. The fourth-order valence-corrected chi connectivity index (χ4v) is 2.79. The molecule has 0 bridgehead atoms. The van der Waals surface area contributed by atoms with Crippen molar-refractivity contribution >= 4 is 68.1 Å². The van der Waals surface area contributed by atoms with E-state index >= 15 is 0 Å². The second kappa shape index (κ2) is 6.32. The highest BCUT2D eigenvalue weighted by Crippen LogP contribution is 2.37. The fraction of sp³-hybridized carbons (Fsp3) is 0. The van der Waals surface area contributed by atoms with E-state index in [9.17, 15) is 4.39 Å². The normalized spacial score (nSPS) is 10.5. The topological polar surface area (TPSA) is 63.0 Å². The lowest BCUT2D eigenvalue weighted by Crippen LogP contribution is -2.10. The van der Waals surface area contributed by atoms with E-state index in [0.717, 1.165) is 0 Å². The Bertz CT molecular complexity index is 645. The first kappa shape index (κ1) is 15.6. The van der Waals surface area contributed by atoms with Crippen molar-refractivity contribution in [1.29, 1.82) is 0 Å². The van der Waals surface area contributed by atoms with Gasteiger partial charge in [0.25, 0.3) is 0 Å². The molecular weight excluding hydrogens is 393 g/mol. The SMILES string of the molecule is NNc1nc(Nc2c(Cl)cc(F)cc2Br)c(Cl)cc1Cl. The van der Waals surface area contributed by atoms with Gasteiger partial charge in [-0.25, -0.2) is 15.2 Å². The Hall–Kier alpha value is -0.790. The number of aromatic nitrogens is 1. The molecule has 1 aromatic carbocycles. The first-order valence-electron chi connectivity index (χ1n) is 5.16. The van der Waals surface area contributed by atoms with Crippen molar-refractivity contribution in [2.24, 2.45) is 5.84 Å². The molecule has 4 nitrogen and oxygen atoms in total. The summed E-state index contributed by atoms with van der Waals surface area (Å²) in [5.41, 5.74) is 2.76. The molecule has 0 saturated carbocycles. The van der Waals surface area contributed by atoms with Gasteiger partial charge < -0.3 is 10.7 Å². The molecule has 0 aliphatic carbocycles. The average molecular weight is 400 g/mol. The number of halogens is 5. The zero-order valence-corrected chi connectivity index (χ0v) is 13.5. The van der Waals surface area contributed by atoms with Gasteiger partial charge in [0.2, 0.25) is 0 Å². The highest BCUT2D eigenvalue weighted by molar-refractivity contribution is 9.10. The van der Waals surface area contributed by atoms with Crippen LogP contribution in [-0.4, -0.2) is 4.98 Å². The lowest BCUT2D eigenvalue weighted by molar-refractivity contribution is 0.627. The fourth-order valence-electron chi connectivity index (χ4n) is 1.44. The summed E-state index contributed by atoms with van der Waals surface area (Å²) in [5, 5.41) is 3.60. The van der Waals surface area contributed by atoms with E-state index in [0.29, 0.717) is 10.2 Å². The molecule has 2 aromatic rings. The van der Waals surface area contributed by atoms with Crippen LogP contribution in [0, 0.1) is 5.82 Å². The van der Waals surface area contributed by atoms with Crippen molar-refractivity contribution in [3.63, 3.8) is 0 Å². The Balaban J connectivity index is 2.45. The predicted octanol–water partition coefficient (Wildman–Crippen LogP) is 4.97. The average Bonchev–Trinajstić information content (AvgIpc) is 2.35. The van der Waals surface area contributed by atoms with Gasteiger partial charge in [-0.1, -0.05) is 34.8 Å². The van der Waals surface area contributed by atoms with E-state index in [1.54, 1.807) is 0 Å². The summed E-state index contributed by atoms with van der Waals surface area (Å²) in [4.78, 5) is 4.11. The number of nitrogens with one attached hydrogen (secondary N) is 2. The van der Waals surface area contributed by atoms with Gasteiger partial charge in [-0.05, 0) is 34.1 Å². The summed E-state index contributed by atoms with van der Waals surface area (Å²) in [6.07, 6.45) is 0. The molecular formula is C11H7BrCl3FN4. The molecule has 0 amide bonds. The molecule has 0 radical (unpaired) electrons. The Labute approximate surface area is 137 Å². The molecule has 20 heavy (non-hydrogen) atoms. The Morgan fingerprint density at radius 3 is 2.30 bits per heavy atom. The van der Waals surface area contributed by atoms with Crippen LogP contribution in [0.15, 0.2) is 22.7 Å². The maximum Gasteiger partial charge on any atom is 0.161 e. The zero-order valence-electron chi connectivity index (χ0n) is 9.65. The van der Waals surface area contributed by atoms with Crippen LogP contribution in [0.1, 0.15) is 0 Å². The van der Waals surface area contributed by atoms with Crippen LogP contribution >= 0.6 is 50.7 Å². The quantitative estimate of drug-likeness (QED) is 0.503. The molecule has 0 aliphatic rings. The van der Waals surface area contributed by atoms with Crippen molar-refractivity contribution in [1.82, 2.24) is 4.98 Å². The Morgan fingerprint density at radius 1 is 1.05 bits per heavy atom. The number of pyridine rings is 1. The number of nitrogens with two attached hydrogens (primary N) is 1. The number of rotatable bonds is 3. The minimum atomic E-state index is -0.466. The molecule has 0 unspecified atom stereocenters. The molecule has 106 valence electrons. The number of hydrogen-bond donors (Lipinski definition) is 3. The standard InChI is InChI=1S/C11H7BrCl3FN4/c12-5-1-4(16)2-6(13)9(5)18-10-7(14)3-8(15)11(19-10)20-17/h1-3H,17H2,(H2,18,19,20). The van der Waals surface area contributed by atoms with Crippen LogP contribution in [-0.2, 0) is 0 Å². The van der Waals surface area contributed by atoms with Crippen LogP contribution < -0.4 is 16.6 Å². The van der Waals surface area contributed by atoms with E-state index in [1.807, 2.05) is 0 Å². The van der Waals surface area contributed by atoms with Gasteiger partial charge in [-0.2, -0.15) is 0 Å². The van der Waals surface area contributed by atoms with E-state index in [1.165, 1.54) is 18.2 Å². The third kappa shape index (κ3) is 3.27. The van der Waals surface area contributed by atoms with Crippen molar-refractivity contribution < 1.29 is 4.39 Å². The molecule has 4 N–H and O–H groups in total. The first-order chi connectivity index (χ1) is 9.42. The van der Waals surface area contributed by atoms with Gasteiger partial charge in [0.15, 0.2) is 11.6 Å². The Morgan fingerprint density at radius 2 is 1.70 bits per heavy atom. The van der Waals surface area contributed by atoms with Crippen LogP contribution in [0.25, 0.3) is 0 Å². The molecule has 1 heterocycles. The van der Waals surface area contributed by atoms with E-state index in [2.05, 4.69) is 31.7 Å². The van der Waals surface area contributed by atoms with Crippen molar-refractivity contribution in [2.45, 2.75) is 0 Å². The molecule has 0 spiro atoms. The van der Waals surface area contributed by atoms with Crippen LogP contribution in [0.4, 0.5) is 21.7 Å². The van der Waals surface area contributed by atoms with Gasteiger partial charge in [-0.3, -0.25) is 0 Å². The summed E-state index contributed by atoms with van der Waals surface area (Å²) >= 11 is 21.1. The summed E-state index contributed by atoms with van der Waals surface area (Å²) in [5.74, 6) is 5.34. The lowest BCUT2D eigenvalue weighted by Gasteiger charge is -2.13. The molecule has 1 aromatic heterocycles. The van der Waals surface area contributed by atoms with Gasteiger partial charge >= 0.3 is 0 Å². The molecule has 9 heteroatoms. The largest absolute Gasteiger partial charge is 0.337 e. The zero-order chi connectivity index (χ0) is 14.9. The summed E-state index contributed by atoms with van der Waals surface area (Å²) in [6, 6.07) is 3.90. The van der Waals surface area contributed by atoms with E-state index < -0.39 is 5.82 Å². The maximum atomic E-state index is 13.2. The number of hydrogen-bond acceptors (Lipinski definition) is 4. The number of benzene rings is 1. The minimum absolute atomic E-state index is 0.173. The smallest absolute Gasteiger partial charge is 0.161 e. The van der Waals surface area contributed by atoms with Crippen LogP contribution in [0.5, 0.6) is 0 Å². The summed E-state index contributed by atoms with van der Waals surface area (Å²) < 4.78 is 13.6. The van der Waals surface area contributed by atoms with Gasteiger partial charge in [0, 0.05) is 4.47 Å². The van der Waals surface area contributed by atoms with Crippen LogP contribution in [0.2, 0.25) is 15.1 Å². The van der Waals surface area contributed by atoms with Gasteiger partial charge in [-0.15, -0.1) is 0 Å². The Kier molecular flexibility index (Phi) is 4.93. The second-order valence-electron chi connectivity index (χ2n) is 3.66. The number of anilines is 3. The molecule has 2 rings (SSSR count). The van der Waals surface area contributed by atoms with Gasteiger partial charge in [0.1, 0.15) is 5.82 Å². The van der Waals surface area contributed by atoms with Crippen molar-refractivity contribution in [3.05, 3.63) is 43.6 Å². The van der Waals surface area contributed by atoms with E-state index in [-0.39, 0.29) is 26.7 Å². The molecule has 0 atom stereocenters. The number of hydrazine groups is 1. The van der Waals surface area contributed by atoms with Crippen LogP contribution in [0.3, 0.4) is 0 Å². The maximum absolute atomic E-state index is 13.2. The highest BCUT2D eigenvalue weighted by Gasteiger charge is 2.13. The number of nitrogen functional groups attached to an aromatic ring is 1. The molecule has 0 saturated heterocycles. The van der Waals surface area contributed by atoms with E-state index in [4.69, 9.17) is 40.6 Å². The third-order valence-corrected chi connectivity index (χ3v) is 3.82. The molecule has 0 aliphatic heterocycles. The van der Waals surface area contributed by atoms with Gasteiger partial charge in [0.05, 0.1) is 20.8 Å². The number of nitrogens with zero attached hydrogens (tertiary/aromatic N) is 1. The monoisotopic (exact) mass is 398 g/mol. The summed E-state index contributed by atoms with van der Waals surface area (Å²) in [7, 11) is 0. The van der Waals surface area contributed by atoms with Crippen molar-refractivity contribution in [2.75, 3.05) is 10.7 Å². The first-order valence-corrected chi connectivity index (χ1v) is 7.09. The minimum Gasteiger partial charge on any atom is -0.337 e.